The predicted octanol–water partition coefficient (Wildman–Crippen LogP) is 1.12. The molecule has 86 valence electrons. The van der Waals surface area contributed by atoms with Gasteiger partial charge in [-0.15, -0.1) is 0 Å². The number of hydrogen-bond donors (Lipinski definition) is 2. The molecule has 1 amide bonds. The number of fused-ring (bicyclic) bond motifs is 1. The van der Waals surface area contributed by atoms with Crippen LogP contribution in [0.1, 0.15) is 27.2 Å². The van der Waals surface area contributed by atoms with Gasteiger partial charge in [-0.25, -0.2) is 4.79 Å². The smallest absolute Gasteiger partial charge is 0.407 e. The first kappa shape index (κ1) is 10.7. The summed E-state index contributed by atoms with van der Waals surface area (Å²) in [5.41, 5.74) is -0.402. The Kier molecular flexibility index (Phi) is 2.63. The van der Waals surface area contributed by atoms with E-state index >= 15 is 0 Å². The summed E-state index contributed by atoms with van der Waals surface area (Å²) in [5.74, 6) is 1.39. The second-order valence-corrected chi connectivity index (χ2v) is 5.57. The lowest BCUT2D eigenvalue weighted by Crippen LogP contribution is -2.52. The Morgan fingerprint density at radius 2 is 2.13 bits per heavy atom. The van der Waals surface area contributed by atoms with Crippen molar-refractivity contribution in [1.29, 1.82) is 0 Å². The number of nitrogens with one attached hydrogen (secondary N) is 2. The van der Waals surface area contributed by atoms with E-state index in [2.05, 4.69) is 10.6 Å². The monoisotopic (exact) mass is 212 g/mol. The van der Waals surface area contributed by atoms with Gasteiger partial charge in [-0.3, -0.25) is 0 Å². The molecule has 0 aromatic heterocycles. The van der Waals surface area contributed by atoms with Gasteiger partial charge >= 0.3 is 6.09 Å². The molecule has 15 heavy (non-hydrogen) atoms. The number of carbonyl (C=O) groups excluding carboxylic acids is 1. The van der Waals surface area contributed by atoms with Gasteiger partial charge in [0, 0.05) is 12.6 Å². The summed E-state index contributed by atoms with van der Waals surface area (Å²) in [6, 6.07) is 0.319. The van der Waals surface area contributed by atoms with Crippen molar-refractivity contribution in [2.45, 2.75) is 38.8 Å². The van der Waals surface area contributed by atoms with E-state index in [1.165, 1.54) is 0 Å². The van der Waals surface area contributed by atoms with Gasteiger partial charge in [-0.2, -0.15) is 0 Å². The zero-order chi connectivity index (χ0) is 11.1. The SMILES string of the molecule is CC(C)(C)OC(=O)N[C@@H]1C[C@H]2CNC[C@H]21. The molecule has 0 aromatic carbocycles. The average Bonchev–Trinajstić information content (AvgIpc) is 2.39. The van der Waals surface area contributed by atoms with E-state index in [1.54, 1.807) is 0 Å². The fourth-order valence-electron chi connectivity index (χ4n) is 2.41. The quantitative estimate of drug-likeness (QED) is 0.685. The minimum absolute atomic E-state index is 0.280. The molecule has 0 spiro atoms. The fraction of sp³-hybridized carbons (Fsp3) is 0.909. The van der Waals surface area contributed by atoms with E-state index in [-0.39, 0.29) is 6.09 Å². The first-order chi connectivity index (χ1) is 6.96. The third-order valence-electron chi connectivity index (χ3n) is 3.17. The second kappa shape index (κ2) is 3.67. The molecule has 4 nitrogen and oxygen atoms in total. The third-order valence-corrected chi connectivity index (χ3v) is 3.17. The molecular weight excluding hydrogens is 192 g/mol. The molecule has 4 heteroatoms. The maximum absolute atomic E-state index is 11.5. The van der Waals surface area contributed by atoms with Gasteiger partial charge in [0.2, 0.25) is 0 Å². The molecule has 0 bridgehead atoms. The van der Waals surface area contributed by atoms with Crippen LogP contribution in [0.25, 0.3) is 0 Å². The van der Waals surface area contributed by atoms with E-state index in [4.69, 9.17) is 4.74 Å². The molecule has 2 N–H and O–H groups in total. The van der Waals surface area contributed by atoms with Crippen LogP contribution in [0, 0.1) is 11.8 Å². The Morgan fingerprint density at radius 3 is 2.73 bits per heavy atom. The lowest BCUT2D eigenvalue weighted by atomic mass is 9.71. The van der Waals surface area contributed by atoms with Crippen LogP contribution in [0.15, 0.2) is 0 Å². The standard InChI is InChI=1S/C11H20N2O2/c1-11(2,3)15-10(14)13-9-4-7-5-12-6-8(7)9/h7-9,12H,4-6H2,1-3H3,(H,13,14)/t7-,8+,9+/m0/s1. The molecule has 0 radical (unpaired) electrons. The van der Waals surface area contributed by atoms with Crippen molar-refractivity contribution in [3.8, 4) is 0 Å². The Bertz CT molecular complexity index is 260. The summed E-state index contributed by atoms with van der Waals surface area (Å²) >= 11 is 0. The lowest BCUT2D eigenvalue weighted by molar-refractivity contribution is 0.0403. The van der Waals surface area contributed by atoms with Gasteiger partial charge in [0.1, 0.15) is 5.60 Å². The van der Waals surface area contributed by atoms with Gasteiger partial charge in [0.25, 0.3) is 0 Å². The van der Waals surface area contributed by atoms with Crippen molar-refractivity contribution in [3.63, 3.8) is 0 Å². The first-order valence-corrected chi connectivity index (χ1v) is 5.66. The summed E-state index contributed by atoms with van der Waals surface area (Å²) < 4.78 is 5.22. The summed E-state index contributed by atoms with van der Waals surface area (Å²) in [6.07, 6.45) is 0.814. The molecular formula is C11H20N2O2. The van der Waals surface area contributed by atoms with Gasteiger partial charge in [-0.1, -0.05) is 0 Å². The summed E-state index contributed by atoms with van der Waals surface area (Å²) in [5, 5.41) is 6.29. The zero-order valence-corrected chi connectivity index (χ0v) is 9.67. The summed E-state index contributed by atoms with van der Waals surface area (Å²) in [4.78, 5) is 11.5. The summed E-state index contributed by atoms with van der Waals surface area (Å²) in [7, 11) is 0. The van der Waals surface area contributed by atoms with Crippen LogP contribution in [0.2, 0.25) is 0 Å². The molecule has 2 aliphatic rings. The number of alkyl carbamates (subject to hydrolysis) is 1. The molecule has 1 saturated heterocycles. The van der Waals surface area contributed by atoms with E-state index in [1.807, 2.05) is 20.8 Å². The zero-order valence-electron chi connectivity index (χ0n) is 9.67. The Balaban J connectivity index is 1.76. The van der Waals surface area contributed by atoms with Crippen molar-refractivity contribution in [2.24, 2.45) is 11.8 Å². The van der Waals surface area contributed by atoms with Gasteiger partial charge < -0.3 is 15.4 Å². The van der Waals surface area contributed by atoms with Crippen LogP contribution < -0.4 is 10.6 Å². The van der Waals surface area contributed by atoms with Crippen molar-refractivity contribution >= 4 is 6.09 Å². The van der Waals surface area contributed by atoms with Crippen molar-refractivity contribution < 1.29 is 9.53 Å². The molecule has 0 aromatic rings. The van der Waals surface area contributed by atoms with Gasteiger partial charge in [0.05, 0.1) is 0 Å². The molecule has 1 aliphatic heterocycles. The fourth-order valence-corrected chi connectivity index (χ4v) is 2.41. The number of rotatable bonds is 1. The highest BCUT2D eigenvalue weighted by Gasteiger charge is 2.44. The van der Waals surface area contributed by atoms with Crippen LogP contribution in [-0.4, -0.2) is 30.8 Å². The van der Waals surface area contributed by atoms with E-state index < -0.39 is 5.60 Å². The Hall–Kier alpha value is -0.770. The molecule has 1 heterocycles. The van der Waals surface area contributed by atoms with Crippen LogP contribution in [0.4, 0.5) is 4.79 Å². The third kappa shape index (κ3) is 2.43. The molecule has 2 fully saturated rings. The van der Waals surface area contributed by atoms with E-state index in [9.17, 15) is 4.79 Å². The predicted molar refractivity (Wildman–Crippen MR) is 57.6 cm³/mol. The highest BCUT2D eigenvalue weighted by molar-refractivity contribution is 5.68. The van der Waals surface area contributed by atoms with Gasteiger partial charge in [-0.05, 0) is 45.6 Å². The van der Waals surface area contributed by atoms with Crippen LogP contribution in [0.3, 0.4) is 0 Å². The second-order valence-electron chi connectivity index (χ2n) is 5.57. The minimum atomic E-state index is -0.402. The molecule has 0 unspecified atom stereocenters. The highest BCUT2D eigenvalue weighted by atomic mass is 16.6. The Labute approximate surface area is 90.8 Å². The number of amides is 1. The largest absolute Gasteiger partial charge is 0.444 e. The Morgan fingerprint density at radius 1 is 1.40 bits per heavy atom. The lowest BCUT2D eigenvalue weighted by Gasteiger charge is -2.40. The molecule has 1 saturated carbocycles. The maximum Gasteiger partial charge on any atom is 0.407 e. The molecule has 3 atom stereocenters. The van der Waals surface area contributed by atoms with E-state index in [0.29, 0.717) is 12.0 Å². The van der Waals surface area contributed by atoms with E-state index in [0.717, 1.165) is 25.4 Å². The normalized spacial score (nSPS) is 34.2. The van der Waals surface area contributed by atoms with Crippen molar-refractivity contribution in [1.82, 2.24) is 10.6 Å². The highest BCUT2D eigenvalue weighted by Crippen LogP contribution is 2.37. The van der Waals surface area contributed by atoms with Crippen LogP contribution in [0.5, 0.6) is 0 Å². The van der Waals surface area contributed by atoms with Crippen molar-refractivity contribution in [3.05, 3.63) is 0 Å². The molecule has 2 rings (SSSR count). The topological polar surface area (TPSA) is 50.4 Å². The molecule has 1 aliphatic carbocycles. The van der Waals surface area contributed by atoms with Crippen molar-refractivity contribution in [2.75, 3.05) is 13.1 Å². The van der Waals surface area contributed by atoms with Crippen LogP contribution in [-0.2, 0) is 4.74 Å². The summed E-state index contributed by atoms with van der Waals surface area (Å²) in [6.45, 7) is 7.79. The number of carbonyl (C=O) groups is 1. The number of hydrogen-bond acceptors (Lipinski definition) is 3. The van der Waals surface area contributed by atoms with Gasteiger partial charge in [0.15, 0.2) is 0 Å². The van der Waals surface area contributed by atoms with Crippen LogP contribution >= 0.6 is 0 Å². The first-order valence-electron chi connectivity index (χ1n) is 5.66. The number of ether oxygens (including phenoxy) is 1. The average molecular weight is 212 g/mol. The maximum atomic E-state index is 11.5. The minimum Gasteiger partial charge on any atom is -0.444 e.